The number of benzene rings is 1. The summed E-state index contributed by atoms with van der Waals surface area (Å²) in [4.78, 5) is 15.9. The summed E-state index contributed by atoms with van der Waals surface area (Å²) in [5, 5.41) is 9.27. The van der Waals surface area contributed by atoms with Crippen LogP contribution in [0.5, 0.6) is 0 Å². The molecule has 0 fully saturated rings. The van der Waals surface area contributed by atoms with Crippen molar-refractivity contribution in [2.24, 2.45) is 0 Å². The minimum atomic E-state index is -0.227. The lowest BCUT2D eigenvalue weighted by Crippen LogP contribution is -2.45. The zero-order valence-corrected chi connectivity index (χ0v) is 18.0. The van der Waals surface area contributed by atoms with E-state index < -0.39 is 0 Å². The number of alkyl halides is 1. The van der Waals surface area contributed by atoms with Crippen LogP contribution < -0.4 is 0 Å². The van der Waals surface area contributed by atoms with Gasteiger partial charge >= 0.3 is 0 Å². The molecule has 148 valence electrons. The molecule has 2 rings (SSSR count). The van der Waals surface area contributed by atoms with E-state index in [0.29, 0.717) is 11.4 Å². The molecular formula is C20H30ClN4OS+. The van der Waals surface area contributed by atoms with Crippen molar-refractivity contribution < 1.29 is 9.28 Å². The Bertz CT molecular complexity index is 774. The highest BCUT2D eigenvalue weighted by Gasteiger charge is 2.22. The lowest BCUT2D eigenvalue weighted by Gasteiger charge is -2.32. The van der Waals surface area contributed by atoms with E-state index in [1.165, 1.54) is 11.9 Å². The number of hydrogen-bond donors (Lipinski definition) is 2. The minimum absolute atomic E-state index is 0.0688. The van der Waals surface area contributed by atoms with E-state index in [0.717, 1.165) is 54.4 Å². The molecule has 1 aromatic heterocycles. The Morgan fingerprint density at radius 2 is 2.00 bits per heavy atom. The zero-order chi connectivity index (χ0) is 19.9. The van der Waals surface area contributed by atoms with E-state index in [1.807, 2.05) is 24.3 Å². The Kier molecular flexibility index (Phi) is 8.35. The van der Waals surface area contributed by atoms with Gasteiger partial charge in [-0.2, -0.15) is 0 Å². The minimum Gasteiger partial charge on any atom is -0.360 e. The summed E-state index contributed by atoms with van der Waals surface area (Å²) in [6.45, 7) is 5.78. The predicted octanol–water partition coefficient (Wildman–Crippen LogP) is 4.39. The average molecular weight is 410 g/mol. The van der Waals surface area contributed by atoms with Crippen molar-refractivity contribution in [2.45, 2.75) is 19.8 Å². The van der Waals surface area contributed by atoms with Gasteiger partial charge in [0.15, 0.2) is 5.04 Å². The lowest BCUT2D eigenvalue weighted by atomic mass is 10.1. The first-order valence-corrected chi connectivity index (χ1v) is 10.7. The van der Waals surface area contributed by atoms with Gasteiger partial charge in [0, 0.05) is 35.9 Å². The van der Waals surface area contributed by atoms with Gasteiger partial charge in [0.2, 0.25) is 5.78 Å². The summed E-state index contributed by atoms with van der Waals surface area (Å²) < 4.78 is 3.02. The molecule has 0 unspecified atom stereocenters. The van der Waals surface area contributed by atoms with E-state index >= 15 is 0 Å². The number of aromatic amines is 1. The molecule has 1 aromatic carbocycles. The first-order chi connectivity index (χ1) is 12.9. The van der Waals surface area contributed by atoms with Gasteiger partial charge in [-0.25, -0.2) is 4.31 Å². The number of quaternary nitrogens is 1. The van der Waals surface area contributed by atoms with Gasteiger partial charge in [0.05, 0.1) is 39.3 Å². The Balaban J connectivity index is 2.00. The van der Waals surface area contributed by atoms with Gasteiger partial charge in [-0.1, -0.05) is 25.1 Å². The number of Topliss-reactive ketones (excluding diaryl/α,β-unsaturated/α-hetero) is 1. The van der Waals surface area contributed by atoms with Crippen molar-refractivity contribution in [3.05, 3.63) is 36.0 Å². The van der Waals surface area contributed by atoms with Crippen molar-refractivity contribution >= 4 is 45.3 Å². The number of hydrogen-bond acceptors (Lipinski definition) is 4. The predicted molar refractivity (Wildman–Crippen MR) is 117 cm³/mol. The smallest absolute Gasteiger partial charge is 0.220 e. The van der Waals surface area contributed by atoms with E-state index in [9.17, 15) is 4.79 Å². The lowest BCUT2D eigenvalue weighted by molar-refractivity contribution is -0.889. The van der Waals surface area contributed by atoms with Gasteiger partial charge in [-0.05, 0) is 24.4 Å². The summed E-state index contributed by atoms with van der Waals surface area (Å²) in [6, 6.07) is 7.69. The quantitative estimate of drug-likeness (QED) is 0.144. The normalized spacial score (nSPS) is 12.0. The standard InChI is InChI=1S/C20H29ClN4OS/c1-4-11-24(12-14-25(2,3)13-7-10-21)27-20(22)19(26)17-15-23-18-9-6-5-8-16(17)18/h5-6,8-9,15,22H,4,7,10-14H2,1-3H3/p+1. The number of rotatable bonds is 11. The van der Waals surface area contributed by atoms with Crippen molar-refractivity contribution in [2.75, 3.05) is 46.2 Å². The molecule has 27 heavy (non-hydrogen) atoms. The molecule has 0 spiro atoms. The summed E-state index contributed by atoms with van der Waals surface area (Å²) >= 11 is 7.09. The van der Waals surface area contributed by atoms with E-state index in [4.69, 9.17) is 17.0 Å². The summed E-state index contributed by atoms with van der Waals surface area (Å²) in [7, 11) is 4.40. The maximum Gasteiger partial charge on any atom is 0.220 e. The average Bonchev–Trinajstić information content (AvgIpc) is 3.08. The number of aromatic nitrogens is 1. The molecule has 0 aliphatic heterocycles. The van der Waals surface area contributed by atoms with E-state index in [-0.39, 0.29) is 10.8 Å². The summed E-state index contributed by atoms with van der Waals surface area (Å²) in [5.41, 5.74) is 1.49. The fraction of sp³-hybridized carbons (Fsp3) is 0.500. The van der Waals surface area contributed by atoms with Crippen LogP contribution in [-0.4, -0.2) is 70.8 Å². The molecule has 0 bridgehead atoms. The highest BCUT2D eigenvalue weighted by atomic mass is 35.5. The Morgan fingerprint density at radius 1 is 1.26 bits per heavy atom. The Labute approximate surface area is 171 Å². The van der Waals surface area contributed by atoms with Crippen LogP contribution in [-0.2, 0) is 0 Å². The molecule has 0 radical (unpaired) electrons. The molecule has 0 amide bonds. The first-order valence-electron chi connectivity index (χ1n) is 9.38. The number of para-hydroxylation sites is 1. The van der Waals surface area contributed by atoms with Gasteiger partial charge in [0.1, 0.15) is 0 Å². The monoisotopic (exact) mass is 409 g/mol. The van der Waals surface area contributed by atoms with Gasteiger partial charge < -0.3 is 9.47 Å². The molecule has 0 saturated carbocycles. The largest absolute Gasteiger partial charge is 0.360 e. The molecule has 2 aromatic rings. The topological polar surface area (TPSA) is 60.0 Å². The van der Waals surface area contributed by atoms with Crippen molar-refractivity contribution in [3.63, 3.8) is 0 Å². The molecule has 0 saturated heterocycles. The maximum absolute atomic E-state index is 12.8. The molecule has 7 heteroatoms. The second kappa shape index (κ2) is 10.3. The fourth-order valence-corrected chi connectivity index (χ4v) is 4.00. The number of fused-ring (bicyclic) bond motifs is 1. The second-order valence-electron chi connectivity index (χ2n) is 7.35. The van der Waals surface area contributed by atoms with Crippen molar-refractivity contribution in [3.8, 4) is 0 Å². The van der Waals surface area contributed by atoms with Crippen LogP contribution in [0.1, 0.15) is 30.1 Å². The number of likely N-dealkylation sites (N-methyl/N-ethyl adjacent to an activating group) is 1. The Hall–Kier alpha value is -1.34. The van der Waals surface area contributed by atoms with Crippen LogP contribution in [0.4, 0.5) is 0 Å². The molecular weight excluding hydrogens is 380 g/mol. The number of nitrogens with one attached hydrogen (secondary N) is 2. The van der Waals surface area contributed by atoms with Crippen molar-refractivity contribution in [1.82, 2.24) is 9.29 Å². The van der Waals surface area contributed by atoms with Crippen LogP contribution in [0, 0.1) is 5.41 Å². The molecule has 0 aliphatic carbocycles. The van der Waals surface area contributed by atoms with Crippen LogP contribution in [0.3, 0.4) is 0 Å². The third-order valence-corrected chi connectivity index (χ3v) is 5.84. The van der Waals surface area contributed by atoms with Crippen molar-refractivity contribution in [1.29, 1.82) is 5.41 Å². The third kappa shape index (κ3) is 6.35. The van der Waals surface area contributed by atoms with E-state index in [2.05, 4.69) is 30.3 Å². The maximum atomic E-state index is 12.8. The highest BCUT2D eigenvalue weighted by Crippen LogP contribution is 2.22. The van der Waals surface area contributed by atoms with Crippen LogP contribution >= 0.6 is 23.5 Å². The SMILES string of the molecule is CCCN(CC[N+](C)(C)CCCCl)SC(=N)C(=O)c1c[nH]c2ccccc12. The fourth-order valence-electron chi connectivity index (χ4n) is 2.99. The third-order valence-electron chi connectivity index (χ3n) is 4.59. The molecule has 1 heterocycles. The molecule has 5 nitrogen and oxygen atoms in total. The van der Waals surface area contributed by atoms with E-state index in [1.54, 1.807) is 6.20 Å². The van der Waals surface area contributed by atoms with Crippen LogP contribution in [0.2, 0.25) is 0 Å². The number of H-pyrrole nitrogens is 1. The summed E-state index contributed by atoms with van der Waals surface area (Å²) in [6.07, 6.45) is 3.68. The van der Waals surface area contributed by atoms with Crippen LogP contribution in [0.15, 0.2) is 30.5 Å². The number of carbonyl (C=O) groups is 1. The molecule has 2 N–H and O–H groups in total. The Morgan fingerprint density at radius 3 is 2.70 bits per heavy atom. The second-order valence-corrected chi connectivity index (χ2v) is 8.84. The first kappa shape index (κ1) is 22.0. The van der Waals surface area contributed by atoms with Crippen LogP contribution in [0.25, 0.3) is 10.9 Å². The zero-order valence-electron chi connectivity index (χ0n) is 16.4. The molecule has 0 atom stereocenters. The number of ketones is 1. The number of nitrogens with zero attached hydrogens (tertiary/aromatic N) is 2. The number of halogens is 1. The highest BCUT2D eigenvalue weighted by molar-refractivity contribution is 8.13. The van der Waals surface area contributed by atoms with Gasteiger partial charge in [0.25, 0.3) is 0 Å². The molecule has 0 aliphatic rings. The summed E-state index contributed by atoms with van der Waals surface area (Å²) in [5.74, 6) is 0.452. The van der Waals surface area contributed by atoms with Gasteiger partial charge in [-0.3, -0.25) is 10.2 Å². The number of carbonyl (C=O) groups excluding carboxylic acids is 1. The van der Waals surface area contributed by atoms with Gasteiger partial charge in [-0.15, -0.1) is 11.6 Å².